The van der Waals surface area contributed by atoms with Crippen molar-refractivity contribution in [1.29, 1.82) is 0 Å². The van der Waals surface area contributed by atoms with Gasteiger partial charge in [0.2, 0.25) is 5.91 Å². The van der Waals surface area contributed by atoms with E-state index in [9.17, 15) is 13.6 Å². The van der Waals surface area contributed by atoms with Gasteiger partial charge in [0.15, 0.2) is 17.5 Å². The van der Waals surface area contributed by atoms with Crippen LogP contribution >= 0.6 is 11.6 Å². The van der Waals surface area contributed by atoms with E-state index in [1.165, 1.54) is 10.7 Å². The fourth-order valence-electron chi connectivity index (χ4n) is 1.63. The second-order valence-electron chi connectivity index (χ2n) is 4.17. The van der Waals surface area contributed by atoms with E-state index in [1.807, 2.05) is 0 Å². The Hall–Kier alpha value is -2.09. The molecule has 0 radical (unpaired) electrons. The van der Waals surface area contributed by atoms with Crippen LogP contribution < -0.4 is 5.32 Å². The molecule has 2 rings (SSSR count). The van der Waals surface area contributed by atoms with Gasteiger partial charge in [0.25, 0.3) is 0 Å². The lowest BCUT2D eigenvalue weighted by Crippen LogP contribution is -2.24. The maximum atomic E-state index is 13.2. The summed E-state index contributed by atoms with van der Waals surface area (Å²) in [6.07, 6.45) is 0.873. The molecule has 21 heavy (non-hydrogen) atoms. The first kappa shape index (κ1) is 15.3. The number of carbonyl (C=O) groups is 1. The van der Waals surface area contributed by atoms with E-state index >= 15 is 0 Å². The molecule has 1 amide bonds. The summed E-state index contributed by atoms with van der Waals surface area (Å²) in [5, 5.41) is 13.5. The van der Waals surface area contributed by atoms with Gasteiger partial charge >= 0.3 is 0 Å². The van der Waals surface area contributed by atoms with Gasteiger partial charge < -0.3 is 5.32 Å². The molecule has 0 aliphatic rings. The molecule has 1 N–H and O–H groups in total. The van der Waals surface area contributed by atoms with Crippen molar-refractivity contribution in [2.75, 3.05) is 5.88 Å². The van der Waals surface area contributed by atoms with E-state index in [0.717, 1.165) is 12.1 Å². The highest BCUT2D eigenvalue weighted by Gasteiger charge is 2.12. The maximum absolute atomic E-state index is 13.2. The molecule has 0 aliphatic heterocycles. The summed E-state index contributed by atoms with van der Waals surface area (Å²) >= 11 is 5.50. The van der Waals surface area contributed by atoms with E-state index in [4.69, 9.17) is 11.6 Å². The smallest absolute Gasteiger partial charge is 0.220 e. The maximum Gasteiger partial charge on any atom is 0.220 e. The Bertz CT molecular complexity index is 634. The molecule has 1 aromatic heterocycles. The minimum absolute atomic E-state index is 0.0765. The van der Waals surface area contributed by atoms with E-state index in [2.05, 4.69) is 20.8 Å². The number of hydrogen-bond donors (Lipinski definition) is 1. The SMILES string of the molecule is O=C(CCCCl)NCc1nnnn1-c1ccc(F)c(F)c1. The molecule has 112 valence electrons. The largest absolute Gasteiger partial charge is 0.349 e. The van der Waals surface area contributed by atoms with Crippen LogP contribution in [0.1, 0.15) is 18.7 Å². The van der Waals surface area contributed by atoms with Crippen molar-refractivity contribution in [3.05, 3.63) is 35.7 Å². The molecule has 9 heteroatoms. The number of alkyl halides is 1. The van der Waals surface area contributed by atoms with Crippen LogP contribution in [0.2, 0.25) is 0 Å². The molecule has 1 heterocycles. The molecule has 0 saturated heterocycles. The van der Waals surface area contributed by atoms with Gasteiger partial charge in [-0.25, -0.2) is 8.78 Å². The molecule has 0 spiro atoms. The number of tetrazole rings is 1. The third-order valence-electron chi connectivity index (χ3n) is 2.66. The summed E-state index contributed by atoms with van der Waals surface area (Å²) in [6.45, 7) is 0.0765. The predicted octanol–water partition coefficient (Wildman–Crippen LogP) is 1.58. The Labute approximate surface area is 124 Å². The number of hydrogen-bond acceptors (Lipinski definition) is 4. The first-order valence-electron chi connectivity index (χ1n) is 6.17. The number of carbonyl (C=O) groups excluding carboxylic acids is 1. The number of nitrogens with zero attached hydrogens (tertiary/aromatic N) is 4. The van der Waals surface area contributed by atoms with Crippen molar-refractivity contribution in [3.63, 3.8) is 0 Å². The summed E-state index contributed by atoms with van der Waals surface area (Å²) < 4.78 is 27.4. The molecule has 0 aliphatic carbocycles. The zero-order valence-electron chi connectivity index (χ0n) is 10.9. The predicted molar refractivity (Wildman–Crippen MR) is 70.9 cm³/mol. The van der Waals surface area contributed by atoms with Crippen molar-refractivity contribution in [1.82, 2.24) is 25.5 Å². The fourth-order valence-corrected chi connectivity index (χ4v) is 1.76. The third-order valence-corrected chi connectivity index (χ3v) is 2.93. The van der Waals surface area contributed by atoms with Crippen molar-refractivity contribution in [2.24, 2.45) is 0 Å². The van der Waals surface area contributed by atoms with Crippen LogP contribution in [0.4, 0.5) is 8.78 Å². The van der Waals surface area contributed by atoms with E-state index in [0.29, 0.717) is 24.5 Å². The second-order valence-corrected chi connectivity index (χ2v) is 4.55. The Morgan fingerprint density at radius 3 is 2.86 bits per heavy atom. The van der Waals surface area contributed by atoms with Gasteiger partial charge in [0.05, 0.1) is 12.2 Å². The normalized spacial score (nSPS) is 10.6. The summed E-state index contributed by atoms with van der Waals surface area (Å²) in [5.74, 6) is -1.43. The Morgan fingerprint density at radius 1 is 1.33 bits per heavy atom. The molecular formula is C12H12ClF2N5O. The van der Waals surface area contributed by atoms with Crippen LogP contribution in [0.25, 0.3) is 5.69 Å². The zero-order valence-corrected chi connectivity index (χ0v) is 11.6. The van der Waals surface area contributed by atoms with Crippen molar-refractivity contribution in [3.8, 4) is 5.69 Å². The lowest BCUT2D eigenvalue weighted by Gasteiger charge is -2.06. The average Bonchev–Trinajstić information content (AvgIpc) is 2.94. The number of nitrogens with one attached hydrogen (secondary N) is 1. The summed E-state index contributed by atoms with van der Waals surface area (Å²) in [6, 6.07) is 3.30. The standard InChI is InChI=1S/C12H12ClF2N5O/c13-5-1-2-12(21)16-7-11-17-18-19-20(11)8-3-4-9(14)10(15)6-8/h3-4,6H,1-2,5,7H2,(H,16,21). The van der Waals surface area contributed by atoms with Crippen molar-refractivity contribution >= 4 is 17.5 Å². The van der Waals surface area contributed by atoms with Gasteiger partial charge in [-0.05, 0) is 29.0 Å². The Kier molecular flexibility index (Phi) is 5.15. The lowest BCUT2D eigenvalue weighted by atomic mass is 10.3. The van der Waals surface area contributed by atoms with Crippen LogP contribution in [0.15, 0.2) is 18.2 Å². The van der Waals surface area contributed by atoms with Crippen LogP contribution in [0.3, 0.4) is 0 Å². The number of halogens is 3. The molecule has 0 fully saturated rings. The Morgan fingerprint density at radius 2 is 2.14 bits per heavy atom. The molecule has 0 atom stereocenters. The Balaban J connectivity index is 2.08. The van der Waals surface area contributed by atoms with Crippen molar-refractivity contribution < 1.29 is 13.6 Å². The highest BCUT2D eigenvalue weighted by atomic mass is 35.5. The van der Waals surface area contributed by atoms with Gasteiger partial charge in [-0.2, -0.15) is 4.68 Å². The monoisotopic (exact) mass is 315 g/mol. The van der Waals surface area contributed by atoms with Crippen LogP contribution in [0.5, 0.6) is 0 Å². The highest BCUT2D eigenvalue weighted by Crippen LogP contribution is 2.13. The molecule has 0 unspecified atom stereocenters. The van der Waals surface area contributed by atoms with Crippen LogP contribution in [0, 0.1) is 11.6 Å². The zero-order chi connectivity index (χ0) is 15.2. The number of amides is 1. The van der Waals surface area contributed by atoms with E-state index < -0.39 is 11.6 Å². The number of rotatable bonds is 6. The van der Waals surface area contributed by atoms with E-state index in [-0.39, 0.29) is 18.1 Å². The molecule has 1 aromatic carbocycles. The highest BCUT2D eigenvalue weighted by molar-refractivity contribution is 6.17. The first-order chi connectivity index (χ1) is 10.1. The third kappa shape index (κ3) is 3.94. The minimum atomic E-state index is -1.000. The topological polar surface area (TPSA) is 72.7 Å². The fraction of sp³-hybridized carbons (Fsp3) is 0.333. The molecule has 2 aromatic rings. The average molecular weight is 316 g/mol. The van der Waals surface area contributed by atoms with Crippen LogP contribution in [-0.2, 0) is 11.3 Å². The van der Waals surface area contributed by atoms with Gasteiger partial charge in [-0.15, -0.1) is 16.7 Å². The molecular weight excluding hydrogens is 304 g/mol. The summed E-state index contributed by atoms with van der Waals surface area (Å²) in [4.78, 5) is 11.5. The molecule has 6 nitrogen and oxygen atoms in total. The summed E-state index contributed by atoms with van der Waals surface area (Å²) in [5.41, 5.74) is 0.268. The van der Waals surface area contributed by atoms with Gasteiger partial charge in [0, 0.05) is 18.4 Å². The number of aromatic nitrogens is 4. The quantitative estimate of drug-likeness (QED) is 0.821. The number of benzene rings is 1. The van der Waals surface area contributed by atoms with Gasteiger partial charge in [-0.3, -0.25) is 4.79 Å². The van der Waals surface area contributed by atoms with Gasteiger partial charge in [-0.1, -0.05) is 0 Å². The first-order valence-corrected chi connectivity index (χ1v) is 6.70. The van der Waals surface area contributed by atoms with Crippen LogP contribution in [-0.4, -0.2) is 32.0 Å². The van der Waals surface area contributed by atoms with E-state index in [1.54, 1.807) is 0 Å². The minimum Gasteiger partial charge on any atom is -0.349 e. The van der Waals surface area contributed by atoms with Gasteiger partial charge in [0.1, 0.15) is 0 Å². The summed E-state index contributed by atoms with van der Waals surface area (Å²) in [7, 11) is 0. The molecule has 0 bridgehead atoms. The lowest BCUT2D eigenvalue weighted by molar-refractivity contribution is -0.121. The molecule has 0 saturated carbocycles. The van der Waals surface area contributed by atoms with Crippen molar-refractivity contribution in [2.45, 2.75) is 19.4 Å². The second kappa shape index (κ2) is 7.07.